The number of carbonyl (C=O) groups is 1. The molecule has 5 heteroatoms. The molecule has 4 nitrogen and oxygen atoms in total. The van der Waals surface area contributed by atoms with Gasteiger partial charge in [-0.05, 0) is 64.4 Å². The standard InChI is InChI=1S/C24H15IN2O2/c25-20-11-4-3-10-19(20)23(28)26-17-8-5-7-16(14-17)24-27-22-18-9-2-1-6-15(18)12-13-21(22)29-24/h1-14H,(H,26,28). The molecule has 0 fully saturated rings. The summed E-state index contributed by atoms with van der Waals surface area (Å²) in [7, 11) is 0. The number of hydrogen-bond donors (Lipinski definition) is 1. The molecule has 1 amide bonds. The summed E-state index contributed by atoms with van der Waals surface area (Å²) in [6.45, 7) is 0. The number of aromatic nitrogens is 1. The minimum absolute atomic E-state index is 0.143. The van der Waals surface area contributed by atoms with Gasteiger partial charge in [-0.3, -0.25) is 4.79 Å². The van der Waals surface area contributed by atoms with Crippen LogP contribution in [0, 0.1) is 3.57 Å². The van der Waals surface area contributed by atoms with E-state index in [9.17, 15) is 4.79 Å². The van der Waals surface area contributed by atoms with Crippen LogP contribution in [0.15, 0.2) is 89.3 Å². The summed E-state index contributed by atoms with van der Waals surface area (Å²) in [4.78, 5) is 17.3. The van der Waals surface area contributed by atoms with Crippen LogP contribution in [-0.4, -0.2) is 10.9 Å². The van der Waals surface area contributed by atoms with E-state index in [1.165, 1.54) is 0 Å². The number of nitrogens with zero attached hydrogens (tertiary/aromatic N) is 1. The molecular weight excluding hydrogens is 475 g/mol. The van der Waals surface area contributed by atoms with Crippen molar-refractivity contribution < 1.29 is 9.21 Å². The van der Waals surface area contributed by atoms with Gasteiger partial charge in [-0.15, -0.1) is 0 Å². The number of benzene rings is 4. The Morgan fingerprint density at radius 3 is 2.62 bits per heavy atom. The van der Waals surface area contributed by atoms with Crippen LogP contribution >= 0.6 is 22.6 Å². The van der Waals surface area contributed by atoms with Gasteiger partial charge in [0.15, 0.2) is 5.58 Å². The first-order chi connectivity index (χ1) is 14.2. The number of anilines is 1. The molecule has 5 aromatic rings. The van der Waals surface area contributed by atoms with Crippen molar-refractivity contribution in [3.8, 4) is 11.5 Å². The number of halogens is 1. The van der Waals surface area contributed by atoms with Crippen LogP contribution in [0.5, 0.6) is 0 Å². The normalized spacial score (nSPS) is 11.1. The van der Waals surface area contributed by atoms with Gasteiger partial charge in [-0.2, -0.15) is 0 Å². The maximum atomic E-state index is 12.6. The Bertz CT molecular complexity index is 1370. The lowest BCUT2D eigenvalue weighted by Gasteiger charge is -2.07. The molecule has 140 valence electrons. The molecule has 4 aromatic carbocycles. The second-order valence-electron chi connectivity index (χ2n) is 6.67. The number of fused-ring (bicyclic) bond motifs is 3. The smallest absolute Gasteiger partial charge is 0.256 e. The number of rotatable bonds is 3. The summed E-state index contributed by atoms with van der Waals surface area (Å²) >= 11 is 2.16. The van der Waals surface area contributed by atoms with Crippen molar-refractivity contribution in [3.05, 3.63) is 94.1 Å². The molecule has 0 radical (unpaired) electrons. The summed E-state index contributed by atoms with van der Waals surface area (Å²) in [6.07, 6.45) is 0. The largest absolute Gasteiger partial charge is 0.436 e. The third-order valence-electron chi connectivity index (χ3n) is 4.77. The highest BCUT2D eigenvalue weighted by molar-refractivity contribution is 14.1. The van der Waals surface area contributed by atoms with Crippen LogP contribution in [0.1, 0.15) is 10.4 Å². The predicted octanol–water partition coefficient (Wildman–Crippen LogP) is 6.50. The average Bonchev–Trinajstić information content (AvgIpc) is 3.19. The van der Waals surface area contributed by atoms with E-state index in [-0.39, 0.29) is 5.91 Å². The van der Waals surface area contributed by atoms with Crippen LogP contribution < -0.4 is 5.32 Å². The van der Waals surface area contributed by atoms with E-state index in [0.717, 1.165) is 31.0 Å². The minimum atomic E-state index is -0.143. The fourth-order valence-corrected chi connectivity index (χ4v) is 3.99. The number of nitrogens with one attached hydrogen (secondary N) is 1. The highest BCUT2D eigenvalue weighted by Gasteiger charge is 2.13. The van der Waals surface area contributed by atoms with E-state index in [4.69, 9.17) is 9.40 Å². The Labute approximate surface area is 180 Å². The molecule has 0 aliphatic rings. The molecule has 1 heterocycles. The van der Waals surface area contributed by atoms with Crippen molar-refractivity contribution in [2.45, 2.75) is 0 Å². The van der Waals surface area contributed by atoms with Crippen molar-refractivity contribution in [2.75, 3.05) is 5.32 Å². The lowest BCUT2D eigenvalue weighted by Crippen LogP contribution is -2.13. The van der Waals surface area contributed by atoms with Gasteiger partial charge in [0.2, 0.25) is 5.89 Å². The molecule has 0 bridgehead atoms. The Hall–Kier alpha value is -3.19. The first-order valence-corrected chi connectivity index (χ1v) is 10.2. The molecule has 1 N–H and O–H groups in total. The molecule has 5 rings (SSSR count). The lowest BCUT2D eigenvalue weighted by molar-refractivity contribution is 0.102. The minimum Gasteiger partial charge on any atom is -0.436 e. The first kappa shape index (κ1) is 17.9. The number of oxazole rings is 1. The highest BCUT2D eigenvalue weighted by Crippen LogP contribution is 2.30. The van der Waals surface area contributed by atoms with Gasteiger partial charge in [-0.25, -0.2) is 4.98 Å². The van der Waals surface area contributed by atoms with E-state index in [0.29, 0.717) is 17.1 Å². The van der Waals surface area contributed by atoms with Gasteiger partial charge >= 0.3 is 0 Å². The molecule has 0 aliphatic heterocycles. The van der Waals surface area contributed by atoms with E-state index < -0.39 is 0 Å². The molecule has 0 unspecified atom stereocenters. The van der Waals surface area contributed by atoms with E-state index in [1.54, 1.807) is 0 Å². The number of carbonyl (C=O) groups excluding carboxylic acids is 1. The maximum absolute atomic E-state index is 12.6. The molecule has 0 aliphatic carbocycles. The Morgan fingerprint density at radius 1 is 0.897 bits per heavy atom. The zero-order chi connectivity index (χ0) is 19.8. The zero-order valence-electron chi connectivity index (χ0n) is 15.2. The van der Waals surface area contributed by atoms with Crippen molar-refractivity contribution in [1.82, 2.24) is 4.98 Å². The predicted molar refractivity (Wildman–Crippen MR) is 124 cm³/mol. The third kappa shape index (κ3) is 3.38. The summed E-state index contributed by atoms with van der Waals surface area (Å²) < 4.78 is 6.91. The van der Waals surface area contributed by atoms with Gasteiger partial charge in [0.05, 0.1) is 5.56 Å². The Morgan fingerprint density at radius 2 is 1.72 bits per heavy atom. The second-order valence-corrected chi connectivity index (χ2v) is 7.83. The van der Waals surface area contributed by atoms with Crippen LogP contribution in [0.25, 0.3) is 33.3 Å². The third-order valence-corrected chi connectivity index (χ3v) is 5.71. The zero-order valence-corrected chi connectivity index (χ0v) is 17.4. The molecular formula is C24H15IN2O2. The van der Waals surface area contributed by atoms with Crippen molar-refractivity contribution in [2.24, 2.45) is 0 Å². The van der Waals surface area contributed by atoms with E-state index in [1.807, 2.05) is 78.9 Å². The van der Waals surface area contributed by atoms with Gasteiger partial charge in [0.1, 0.15) is 5.52 Å². The monoisotopic (exact) mass is 490 g/mol. The fraction of sp³-hybridized carbons (Fsp3) is 0. The van der Waals surface area contributed by atoms with Crippen LogP contribution in [0.4, 0.5) is 5.69 Å². The van der Waals surface area contributed by atoms with Crippen LogP contribution in [-0.2, 0) is 0 Å². The molecule has 0 spiro atoms. The van der Waals surface area contributed by atoms with E-state index >= 15 is 0 Å². The fourth-order valence-electron chi connectivity index (χ4n) is 3.36. The highest BCUT2D eigenvalue weighted by atomic mass is 127. The van der Waals surface area contributed by atoms with Gasteiger partial charge in [0, 0.05) is 20.2 Å². The molecule has 0 atom stereocenters. The quantitative estimate of drug-likeness (QED) is 0.294. The number of hydrogen-bond acceptors (Lipinski definition) is 3. The van der Waals surface area contributed by atoms with Crippen LogP contribution in [0.3, 0.4) is 0 Å². The average molecular weight is 490 g/mol. The number of amides is 1. The van der Waals surface area contributed by atoms with Gasteiger partial charge in [0.25, 0.3) is 5.91 Å². The van der Waals surface area contributed by atoms with Crippen molar-refractivity contribution in [1.29, 1.82) is 0 Å². The van der Waals surface area contributed by atoms with Gasteiger partial charge < -0.3 is 9.73 Å². The molecule has 29 heavy (non-hydrogen) atoms. The van der Waals surface area contributed by atoms with Crippen molar-refractivity contribution in [3.63, 3.8) is 0 Å². The second kappa shape index (κ2) is 7.33. The van der Waals surface area contributed by atoms with Gasteiger partial charge in [-0.1, -0.05) is 48.5 Å². The van der Waals surface area contributed by atoms with Crippen molar-refractivity contribution >= 4 is 56.1 Å². The molecule has 0 saturated carbocycles. The summed E-state index contributed by atoms with van der Waals surface area (Å²) in [5, 5.41) is 5.14. The Balaban J connectivity index is 1.50. The molecule has 1 aromatic heterocycles. The Kier molecular flexibility index (Phi) is 4.52. The SMILES string of the molecule is O=C(Nc1cccc(-c2nc3c(ccc4ccccc43)o2)c1)c1ccccc1I. The first-order valence-electron chi connectivity index (χ1n) is 9.14. The van der Waals surface area contributed by atoms with E-state index in [2.05, 4.69) is 34.0 Å². The molecule has 0 saturated heterocycles. The van der Waals surface area contributed by atoms with Crippen LogP contribution in [0.2, 0.25) is 0 Å². The topological polar surface area (TPSA) is 55.1 Å². The maximum Gasteiger partial charge on any atom is 0.256 e. The summed E-state index contributed by atoms with van der Waals surface area (Å²) in [5.74, 6) is 0.387. The summed E-state index contributed by atoms with van der Waals surface area (Å²) in [6, 6.07) is 27.1. The lowest BCUT2D eigenvalue weighted by atomic mass is 10.1. The summed E-state index contributed by atoms with van der Waals surface area (Å²) in [5.41, 5.74) is 3.73.